The van der Waals surface area contributed by atoms with Crippen molar-refractivity contribution in [2.75, 3.05) is 5.32 Å². The van der Waals surface area contributed by atoms with Gasteiger partial charge in [0.15, 0.2) is 11.6 Å². The number of anilines is 1. The van der Waals surface area contributed by atoms with E-state index >= 15 is 0 Å². The largest absolute Gasteiger partial charge is 0.326 e. The molecule has 0 aliphatic carbocycles. The van der Waals surface area contributed by atoms with Crippen LogP contribution in [-0.2, 0) is 11.2 Å². The van der Waals surface area contributed by atoms with Crippen LogP contribution in [0.15, 0.2) is 53.7 Å². The first-order valence-corrected chi connectivity index (χ1v) is 9.94. The van der Waals surface area contributed by atoms with Crippen LogP contribution in [-0.4, -0.2) is 32.1 Å². The minimum Gasteiger partial charge on any atom is -0.326 e. The number of aromatic nitrogens is 3. The van der Waals surface area contributed by atoms with Gasteiger partial charge in [-0.1, -0.05) is 43.0 Å². The Balaban J connectivity index is 1.65. The molecule has 1 unspecified atom stereocenters. The number of rotatable bonds is 7. The summed E-state index contributed by atoms with van der Waals surface area (Å²) >= 11 is 1.31. The van der Waals surface area contributed by atoms with E-state index in [1.165, 1.54) is 24.2 Å². The van der Waals surface area contributed by atoms with Crippen molar-refractivity contribution in [3.05, 3.63) is 59.7 Å². The van der Waals surface area contributed by atoms with Crippen LogP contribution in [0.2, 0.25) is 0 Å². The lowest BCUT2D eigenvalue weighted by Crippen LogP contribution is -2.14. The molecule has 0 saturated heterocycles. The number of amides is 1. The average molecular weight is 395 g/mol. The summed E-state index contributed by atoms with van der Waals surface area (Å²) in [6.07, 6.45) is 0.989. The molecule has 3 aromatic rings. The van der Waals surface area contributed by atoms with Crippen LogP contribution in [0.3, 0.4) is 0 Å². The number of nitrogens with zero attached hydrogens (tertiary/aromatic N) is 2. The van der Waals surface area contributed by atoms with Gasteiger partial charge in [0.25, 0.3) is 0 Å². The monoisotopic (exact) mass is 394 g/mol. The van der Waals surface area contributed by atoms with E-state index in [1.807, 2.05) is 19.1 Å². The van der Waals surface area contributed by atoms with Gasteiger partial charge >= 0.3 is 0 Å². The minimum absolute atomic E-state index is 0.0157. The molecule has 3 rings (SSSR count). The molecule has 0 saturated carbocycles. The van der Waals surface area contributed by atoms with E-state index < -0.39 is 0 Å². The smallest absolute Gasteiger partial charge is 0.221 e. The predicted octanol–water partition coefficient (Wildman–Crippen LogP) is 4.36. The Morgan fingerprint density at radius 1 is 1.11 bits per heavy atom. The van der Waals surface area contributed by atoms with Crippen molar-refractivity contribution in [2.24, 2.45) is 0 Å². The second-order valence-electron chi connectivity index (χ2n) is 6.40. The lowest BCUT2D eigenvalue weighted by atomic mass is 10.1. The first-order chi connectivity index (χ1) is 13.5. The Bertz CT molecular complexity index is 965. The summed E-state index contributed by atoms with van der Waals surface area (Å²) < 4.78 is 0. The molecule has 1 atom stereocenters. The van der Waals surface area contributed by atoms with Gasteiger partial charge in [-0.05, 0) is 43.2 Å². The van der Waals surface area contributed by atoms with Crippen LogP contribution in [0.4, 0.5) is 5.69 Å². The normalized spacial score (nSPS) is 11.8. The third-order valence-corrected chi connectivity index (χ3v) is 5.20. The summed E-state index contributed by atoms with van der Waals surface area (Å²) in [5, 5.41) is 10.0. The van der Waals surface area contributed by atoms with E-state index in [0.29, 0.717) is 22.2 Å². The maximum Gasteiger partial charge on any atom is 0.221 e. The van der Waals surface area contributed by atoms with Crippen molar-refractivity contribution in [1.29, 1.82) is 0 Å². The highest BCUT2D eigenvalue weighted by molar-refractivity contribution is 8.00. The minimum atomic E-state index is -0.335. The van der Waals surface area contributed by atoms with Gasteiger partial charge in [0.1, 0.15) is 0 Å². The standard InChI is InChI=1S/C21H22N4O2S/c1-4-15-5-7-17(8-6-15)20-23-21(25-24-20)28-13(2)19(27)16-9-11-18(12-10-16)22-14(3)26/h5-13H,4H2,1-3H3,(H,22,26)(H,23,24,25). The number of hydrogen-bond donors (Lipinski definition) is 2. The molecule has 28 heavy (non-hydrogen) atoms. The molecule has 0 aliphatic heterocycles. The Morgan fingerprint density at radius 2 is 1.79 bits per heavy atom. The fourth-order valence-corrected chi connectivity index (χ4v) is 3.50. The maximum atomic E-state index is 12.7. The summed E-state index contributed by atoms with van der Waals surface area (Å²) in [6, 6.07) is 15.0. The first-order valence-electron chi connectivity index (χ1n) is 9.06. The number of nitrogens with one attached hydrogen (secondary N) is 2. The molecule has 0 aliphatic rings. The second-order valence-corrected chi connectivity index (χ2v) is 7.71. The van der Waals surface area contributed by atoms with Crippen molar-refractivity contribution >= 4 is 29.1 Å². The van der Waals surface area contributed by atoms with E-state index in [4.69, 9.17) is 0 Å². The highest BCUT2D eigenvalue weighted by atomic mass is 32.2. The van der Waals surface area contributed by atoms with Crippen LogP contribution < -0.4 is 5.32 Å². The Kier molecular flexibility index (Phi) is 6.26. The van der Waals surface area contributed by atoms with E-state index in [1.54, 1.807) is 24.3 Å². The third kappa shape index (κ3) is 4.86. The first kappa shape index (κ1) is 19.8. The van der Waals surface area contributed by atoms with Gasteiger partial charge in [-0.15, -0.1) is 5.10 Å². The summed E-state index contributed by atoms with van der Waals surface area (Å²) in [5.74, 6) is 0.523. The Hall–Kier alpha value is -2.93. The van der Waals surface area contributed by atoms with Crippen LogP contribution in [0.25, 0.3) is 11.4 Å². The maximum absolute atomic E-state index is 12.7. The molecule has 1 heterocycles. The molecular weight excluding hydrogens is 372 g/mol. The molecule has 144 valence electrons. The zero-order chi connectivity index (χ0) is 20.1. The van der Waals surface area contributed by atoms with Gasteiger partial charge in [-0.2, -0.15) is 0 Å². The zero-order valence-corrected chi connectivity index (χ0v) is 16.8. The van der Waals surface area contributed by atoms with E-state index in [0.717, 1.165) is 12.0 Å². The van der Waals surface area contributed by atoms with Gasteiger partial charge in [0, 0.05) is 23.7 Å². The van der Waals surface area contributed by atoms with Crippen molar-refractivity contribution in [3.63, 3.8) is 0 Å². The van der Waals surface area contributed by atoms with Gasteiger partial charge in [0.2, 0.25) is 11.1 Å². The number of aromatic amines is 1. The number of aryl methyl sites for hydroxylation is 1. The van der Waals surface area contributed by atoms with Gasteiger partial charge in [-0.3, -0.25) is 14.7 Å². The number of carbonyl (C=O) groups is 2. The molecular formula is C21H22N4O2S. The van der Waals surface area contributed by atoms with Crippen molar-refractivity contribution in [1.82, 2.24) is 15.2 Å². The molecule has 0 fully saturated rings. The van der Waals surface area contributed by atoms with E-state index in [-0.39, 0.29) is 16.9 Å². The molecule has 1 aromatic heterocycles. The fraction of sp³-hybridized carbons (Fsp3) is 0.238. The number of carbonyl (C=O) groups excluding carboxylic acids is 2. The third-order valence-electron chi connectivity index (χ3n) is 4.24. The van der Waals surface area contributed by atoms with E-state index in [2.05, 4.69) is 39.6 Å². The predicted molar refractivity (Wildman–Crippen MR) is 112 cm³/mol. The Morgan fingerprint density at radius 3 is 2.39 bits per heavy atom. The number of thioether (sulfide) groups is 1. The number of H-pyrrole nitrogens is 1. The molecule has 0 radical (unpaired) electrons. The van der Waals surface area contributed by atoms with Crippen LogP contribution >= 0.6 is 11.8 Å². The number of Topliss-reactive ketones (excluding diaryl/α,β-unsaturated/α-hetero) is 1. The molecule has 6 nitrogen and oxygen atoms in total. The highest BCUT2D eigenvalue weighted by Crippen LogP contribution is 2.25. The van der Waals surface area contributed by atoms with Gasteiger partial charge in [-0.25, -0.2) is 4.98 Å². The van der Waals surface area contributed by atoms with Crippen LogP contribution in [0, 0.1) is 0 Å². The van der Waals surface area contributed by atoms with Gasteiger partial charge in [0.05, 0.1) is 5.25 Å². The molecule has 7 heteroatoms. The lowest BCUT2D eigenvalue weighted by molar-refractivity contribution is -0.114. The number of hydrogen-bond acceptors (Lipinski definition) is 5. The van der Waals surface area contributed by atoms with Crippen molar-refractivity contribution < 1.29 is 9.59 Å². The number of ketones is 1. The molecule has 0 bridgehead atoms. The second kappa shape index (κ2) is 8.84. The van der Waals surface area contributed by atoms with Gasteiger partial charge < -0.3 is 5.32 Å². The lowest BCUT2D eigenvalue weighted by Gasteiger charge is -2.09. The zero-order valence-electron chi connectivity index (χ0n) is 16.0. The molecule has 0 spiro atoms. The molecule has 2 aromatic carbocycles. The average Bonchev–Trinajstić information content (AvgIpc) is 3.16. The summed E-state index contributed by atoms with van der Waals surface area (Å²) in [5.41, 5.74) is 3.47. The highest BCUT2D eigenvalue weighted by Gasteiger charge is 2.19. The molecule has 1 amide bonds. The SMILES string of the molecule is CCc1ccc(-c2nc(SC(C)C(=O)c3ccc(NC(C)=O)cc3)n[nH]2)cc1. The van der Waals surface area contributed by atoms with Crippen LogP contribution in [0.1, 0.15) is 36.7 Å². The summed E-state index contributed by atoms with van der Waals surface area (Å²) in [4.78, 5) is 28.2. The van der Waals surface area contributed by atoms with Crippen LogP contribution in [0.5, 0.6) is 0 Å². The fourth-order valence-electron chi connectivity index (χ4n) is 2.69. The van der Waals surface area contributed by atoms with Crippen molar-refractivity contribution in [2.45, 2.75) is 37.6 Å². The van der Waals surface area contributed by atoms with E-state index in [9.17, 15) is 9.59 Å². The Labute approximate surface area is 168 Å². The van der Waals surface area contributed by atoms with Crippen molar-refractivity contribution in [3.8, 4) is 11.4 Å². The number of benzene rings is 2. The summed E-state index contributed by atoms with van der Waals surface area (Å²) in [7, 11) is 0. The molecule has 2 N–H and O–H groups in total. The quantitative estimate of drug-likeness (QED) is 0.459. The topological polar surface area (TPSA) is 87.7 Å². The summed E-state index contributed by atoms with van der Waals surface area (Å²) in [6.45, 7) is 5.39.